The third kappa shape index (κ3) is 3.81. The van der Waals surface area contributed by atoms with Gasteiger partial charge in [-0.1, -0.05) is 23.7 Å². The summed E-state index contributed by atoms with van der Waals surface area (Å²) in [5, 5.41) is 15.7. The number of hydrogen-bond acceptors (Lipinski definition) is 5. The fourth-order valence-corrected chi connectivity index (χ4v) is 3.03. The summed E-state index contributed by atoms with van der Waals surface area (Å²) in [6.45, 7) is 0. The lowest BCUT2D eigenvalue weighted by Crippen LogP contribution is -2.13. The van der Waals surface area contributed by atoms with Crippen LogP contribution in [0.5, 0.6) is 0 Å². The quantitative estimate of drug-likeness (QED) is 0.524. The van der Waals surface area contributed by atoms with Crippen molar-refractivity contribution in [3.8, 4) is 10.6 Å². The highest BCUT2D eigenvalue weighted by atomic mass is 35.5. The van der Waals surface area contributed by atoms with Gasteiger partial charge < -0.3 is 5.32 Å². The molecule has 3 aromatic rings. The number of hydrogen-bond donors (Lipinski definition) is 1. The zero-order chi connectivity index (χ0) is 18.0. The van der Waals surface area contributed by atoms with E-state index in [0.29, 0.717) is 10.0 Å². The van der Waals surface area contributed by atoms with Crippen molar-refractivity contribution in [1.82, 2.24) is 4.98 Å². The van der Waals surface area contributed by atoms with E-state index in [1.54, 1.807) is 24.3 Å². The largest absolute Gasteiger partial charge is 0.318 e. The number of nitrogens with zero attached hydrogens (tertiary/aromatic N) is 2. The minimum Gasteiger partial charge on any atom is -0.318 e. The monoisotopic (exact) mass is 377 g/mol. The summed E-state index contributed by atoms with van der Waals surface area (Å²) in [6.07, 6.45) is 0. The van der Waals surface area contributed by atoms with E-state index in [9.17, 15) is 19.3 Å². The number of benzene rings is 2. The first-order valence-electron chi connectivity index (χ1n) is 6.91. The Hall–Kier alpha value is -2.84. The van der Waals surface area contributed by atoms with Crippen LogP contribution in [-0.2, 0) is 0 Å². The van der Waals surface area contributed by atoms with Crippen LogP contribution in [0.15, 0.2) is 47.8 Å². The normalized spacial score (nSPS) is 10.5. The Morgan fingerprint density at radius 1 is 1.28 bits per heavy atom. The molecule has 1 amide bonds. The first-order valence-corrected chi connectivity index (χ1v) is 8.16. The van der Waals surface area contributed by atoms with E-state index in [1.807, 2.05) is 0 Å². The molecule has 0 aliphatic rings. The predicted octanol–water partition coefficient (Wildman–Crippen LogP) is 4.76. The van der Waals surface area contributed by atoms with E-state index in [-0.39, 0.29) is 17.1 Å². The smallest absolute Gasteiger partial charge is 0.275 e. The van der Waals surface area contributed by atoms with Crippen molar-refractivity contribution in [2.24, 2.45) is 0 Å². The van der Waals surface area contributed by atoms with Gasteiger partial charge in [0.25, 0.3) is 11.6 Å². The molecular weight excluding hydrogens is 369 g/mol. The SMILES string of the molecule is O=C(Nc1cc([N+](=O)[O-])ccc1F)c1csc(-c2cccc(Cl)c2)n1. The maximum Gasteiger partial charge on any atom is 0.275 e. The minimum atomic E-state index is -0.774. The highest BCUT2D eigenvalue weighted by Gasteiger charge is 2.16. The number of aromatic nitrogens is 1. The van der Waals surface area contributed by atoms with Gasteiger partial charge >= 0.3 is 0 Å². The lowest BCUT2D eigenvalue weighted by Gasteiger charge is -2.04. The molecule has 0 fully saturated rings. The molecule has 25 heavy (non-hydrogen) atoms. The van der Waals surface area contributed by atoms with Crippen LogP contribution in [0.4, 0.5) is 15.8 Å². The first-order chi connectivity index (χ1) is 11.9. The Labute approximate surface area is 150 Å². The number of nitro groups is 1. The van der Waals surface area contributed by atoms with E-state index in [0.717, 1.165) is 23.8 Å². The van der Waals surface area contributed by atoms with Crippen LogP contribution in [0.25, 0.3) is 10.6 Å². The Morgan fingerprint density at radius 3 is 2.80 bits per heavy atom. The lowest BCUT2D eigenvalue weighted by molar-refractivity contribution is -0.384. The molecule has 0 unspecified atom stereocenters. The van der Waals surface area contributed by atoms with Gasteiger partial charge in [0, 0.05) is 28.1 Å². The number of amides is 1. The average molecular weight is 378 g/mol. The second-order valence-corrected chi connectivity index (χ2v) is 6.22. The molecule has 1 N–H and O–H groups in total. The fraction of sp³-hybridized carbons (Fsp3) is 0. The van der Waals surface area contributed by atoms with Gasteiger partial charge in [-0.2, -0.15) is 0 Å². The molecule has 0 saturated heterocycles. The second kappa shape index (κ2) is 6.96. The van der Waals surface area contributed by atoms with E-state index in [1.165, 1.54) is 16.7 Å². The number of carbonyl (C=O) groups is 1. The second-order valence-electron chi connectivity index (χ2n) is 4.92. The third-order valence-electron chi connectivity index (χ3n) is 3.22. The highest BCUT2D eigenvalue weighted by Crippen LogP contribution is 2.27. The van der Waals surface area contributed by atoms with Gasteiger partial charge in [-0.3, -0.25) is 14.9 Å². The van der Waals surface area contributed by atoms with Gasteiger partial charge in [-0.05, 0) is 18.2 Å². The Bertz CT molecular complexity index is 977. The number of thiazole rings is 1. The molecule has 1 aromatic heterocycles. The molecule has 3 rings (SSSR count). The molecule has 0 radical (unpaired) electrons. The topological polar surface area (TPSA) is 85.1 Å². The first kappa shape index (κ1) is 17.0. The molecule has 0 atom stereocenters. The predicted molar refractivity (Wildman–Crippen MR) is 93.6 cm³/mol. The van der Waals surface area contributed by atoms with Crippen molar-refractivity contribution in [2.75, 3.05) is 5.32 Å². The van der Waals surface area contributed by atoms with Crippen LogP contribution in [0.1, 0.15) is 10.5 Å². The summed E-state index contributed by atoms with van der Waals surface area (Å²) < 4.78 is 13.8. The molecule has 0 bridgehead atoms. The summed E-state index contributed by atoms with van der Waals surface area (Å²) in [5.74, 6) is -1.44. The molecular formula is C16H9ClFN3O3S. The van der Waals surface area contributed by atoms with Crippen LogP contribution in [-0.4, -0.2) is 15.8 Å². The molecule has 6 nitrogen and oxygen atoms in total. The third-order valence-corrected chi connectivity index (χ3v) is 4.34. The van der Waals surface area contributed by atoms with Crippen molar-refractivity contribution in [3.63, 3.8) is 0 Å². The molecule has 0 saturated carbocycles. The minimum absolute atomic E-state index is 0.0749. The summed E-state index contributed by atoms with van der Waals surface area (Å²) >= 11 is 7.16. The summed E-state index contributed by atoms with van der Waals surface area (Å²) in [5.41, 5.74) is 0.218. The van der Waals surface area contributed by atoms with Gasteiger partial charge in [0.15, 0.2) is 0 Å². The van der Waals surface area contributed by atoms with Gasteiger partial charge in [-0.15, -0.1) is 11.3 Å². The average Bonchev–Trinajstić information content (AvgIpc) is 3.07. The van der Waals surface area contributed by atoms with Crippen molar-refractivity contribution < 1.29 is 14.1 Å². The summed E-state index contributed by atoms with van der Waals surface area (Å²) in [4.78, 5) is 26.5. The molecule has 2 aromatic carbocycles. The molecule has 126 valence electrons. The van der Waals surface area contributed by atoms with E-state index in [4.69, 9.17) is 11.6 Å². The van der Waals surface area contributed by atoms with Crippen LogP contribution in [0, 0.1) is 15.9 Å². The number of non-ortho nitro benzene ring substituents is 1. The highest BCUT2D eigenvalue weighted by molar-refractivity contribution is 7.13. The number of anilines is 1. The zero-order valence-electron chi connectivity index (χ0n) is 12.4. The Balaban J connectivity index is 1.83. The number of carbonyl (C=O) groups excluding carboxylic acids is 1. The molecule has 1 heterocycles. The van der Waals surface area contributed by atoms with Gasteiger partial charge in [0.2, 0.25) is 0 Å². The number of halogens is 2. The van der Waals surface area contributed by atoms with Gasteiger partial charge in [-0.25, -0.2) is 9.37 Å². The van der Waals surface area contributed by atoms with Crippen molar-refractivity contribution in [3.05, 3.63) is 74.5 Å². The lowest BCUT2D eigenvalue weighted by atomic mass is 10.2. The van der Waals surface area contributed by atoms with Crippen molar-refractivity contribution in [2.45, 2.75) is 0 Å². The molecule has 0 aliphatic carbocycles. The van der Waals surface area contributed by atoms with Crippen LogP contribution in [0.3, 0.4) is 0 Å². The zero-order valence-corrected chi connectivity index (χ0v) is 14.0. The van der Waals surface area contributed by atoms with Crippen LogP contribution in [0.2, 0.25) is 5.02 Å². The Morgan fingerprint density at radius 2 is 2.08 bits per heavy atom. The fourth-order valence-electron chi connectivity index (χ4n) is 2.04. The van der Waals surface area contributed by atoms with Gasteiger partial charge in [0.1, 0.15) is 16.5 Å². The number of nitrogens with one attached hydrogen (secondary N) is 1. The van der Waals surface area contributed by atoms with E-state index >= 15 is 0 Å². The van der Waals surface area contributed by atoms with E-state index < -0.39 is 16.6 Å². The van der Waals surface area contributed by atoms with Crippen LogP contribution < -0.4 is 5.32 Å². The summed E-state index contributed by atoms with van der Waals surface area (Å²) in [7, 11) is 0. The molecule has 0 aliphatic heterocycles. The molecule has 9 heteroatoms. The van der Waals surface area contributed by atoms with Crippen LogP contribution >= 0.6 is 22.9 Å². The van der Waals surface area contributed by atoms with Gasteiger partial charge in [0.05, 0.1) is 10.6 Å². The maximum absolute atomic E-state index is 13.8. The Kier molecular flexibility index (Phi) is 4.73. The standard InChI is InChI=1S/C16H9ClFN3O3S/c17-10-3-1-2-9(6-10)16-20-14(8-25-16)15(22)19-13-7-11(21(23)24)4-5-12(13)18/h1-8H,(H,19,22). The number of nitro benzene ring substituents is 1. The molecule has 0 spiro atoms. The maximum atomic E-state index is 13.8. The van der Waals surface area contributed by atoms with Crippen molar-refractivity contribution in [1.29, 1.82) is 0 Å². The van der Waals surface area contributed by atoms with E-state index in [2.05, 4.69) is 10.3 Å². The van der Waals surface area contributed by atoms with Crippen molar-refractivity contribution >= 4 is 40.2 Å². The number of rotatable bonds is 4. The summed E-state index contributed by atoms with van der Waals surface area (Å²) in [6, 6.07) is 9.89.